The van der Waals surface area contributed by atoms with Gasteiger partial charge in [0.25, 0.3) is 0 Å². The molecule has 2 aliphatic rings. The molecule has 6 heteroatoms. The van der Waals surface area contributed by atoms with Gasteiger partial charge in [0.1, 0.15) is 6.10 Å². The number of carbonyl (C=O) groups is 1. The van der Waals surface area contributed by atoms with E-state index >= 15 is 0 Å². The first-order chi connectivity index (χ1) is 11.7. The maximum absolute atomic E-state index is 12.2. The van der Waals surface area contributed by atoms with Crippen molar-refractivity contribution in [3.63, 3.8) is 0 Å². The van der Waals surface area contributed by atoms with E-state index in [4.69, 9.17) is 14.7 Å². The van der Waals surface area contributed by atoms with Gasteiger partial charge in [-0.05, 0) is 24.1 Å². The van der Waals surface area contributed by atoms with Crippen LogP contribution in [0, 0.1) is 11.3 Å². The number of rotatable bonds is 6. The summed E-state index contributed by atoms with van der Waals surface area (Å²) in [5, 5.41) is 11.9. The van der Waals surface area contributed by atoms with Gasteiger partial charge in [0.2, 0.25) is 5.91 Å². The maximum atomic E-state index is 12.2. The van der Waals surface area contributed by atoms with Gasteiger partial charge in [0.05, 0.1) is 24.3 Å². The van der Waals surface area contributed by atoms with Crippen LogP contribution in [0.2, 0.25) is 0 Å². The molecule has 3 rings (SSSR count). The second-order valence-corrected chi connectivity index (χ2v) is 6.32. The number of methoxy groups -OCH3 is 1. The van der Waals surface area contributed by atoms with Gasteiger partial charge in [-0.15, -0.1) is 0 Å². The molecule has 0 radical (unpaired) electrons. The third-order valence-corrected chi connectivity index (χ3v) is 4.73. The lowest BCUT2D eigenvalue weighted by Gasteiger charge is -2.22. The number of carbonyl (C=O) groups excluding carboxylic acids is 1. The van der Waals surface area contributed by atoms with Crippen molar-refractivity contribution in [2.24, 2.45) is 0 Å². The first-order valence-corrected chi connectivity index (χ1v) is 8.36. The summed E-state index contributed by atoms with van der Waals surface area (Å²) < 4.78 is 10.9. The summed E-state index contributed by atoms with van der Waals surface area (Å²) in [6, 6.07) is 10.2. The fourth-order valence-corrected chi connectivity index (χ4v) is 3.56. The van der Waals surface area contributed by atoms with Crippen molar-refractivity contribution in [2.45, 2.75) is 37.6 Å². The lowest BCUT2D eigenvalue weighted by Crippen LogP contribution is -2.37. The van der Waals surface area contributed by atoms with Crippen LogP contribution in [0.5, 0.6) is 0 Å². The molecule has 0 bridgehead atoms. The molecule has 0 saturated carbocycles. The maximum Gasteiger partial charge on any atom is 0.249 e. The Kier molecular flexibility index (Phi) is 5.46. The summed E-state index contributed by atoms with van der Waals surface area (Å²) in [6.07, 6.45) is 1.43. The van der Waals surface area contributed by atoms with Crippen molar-refractivity contribution in [3.05, 3.63) is 35.4 Å². The zero-order valence-electron chi connectivity index (χ0n) is 13.9. The van der Waals surface area contributed by atoms with Gasteiger partial charge in [-0.1, -0.05) is 12.1 Å². The Bertz CT molecular complexity index is 628. The number of amides is 1. The van der Waals surface area contributed by atoms with E-state index in [0.29, 0.717) is 18.7 Å². The summed E-state index contributed by atoms with van der Waals surface area (Å²) in [5.41, 5.74) is 1.81. The molecular weight excluding hydrogens is 306 g/mol. The Balaban J connectivity index is 1.57. The summed E-state index contributed by atoms with van der Waals surface area (Å²) in [7, 11) is 1.61. The van der Waals surface area contributed by atoms with E-state index in [-0.39, 0.29) is 24.2 Å². The Morgan fingerprint density at radius 1 is 1.54 bits per heavy atom. The predicted octanol–water partition coefficient (Wildman–Crippen LogP) is 1.05. The zero-order chi connectivity index (χ0) is 16.9. The molecule has 2 saturated heterocycles. The van der Waals surface area contributed by atoms with Crippen LogP contribution in [0.3, 0.4) is 0 Å². The SMILES string of the molecule is COCCNC(=O)[C@H]1C[C@H]2[C@H](CCN2Cc2cccc(C#N)c2)O1. The normalized spacial score (nSPS) is 26.1. The van der Waals surface area contributed by atoms with Crippen LogP contribution < -0.4 is 5.32 Å². The van der Waals surface area contributed by atoms with E-state index in [1.54, 1.807) is 7.11 Å². The summed E-state index contributed by atoms with van der Waals surface area (Å²) in [4.78, 5) is 14.5. The molecule has 1 aromatic carbocycles. The molecule has 1 aromatic rings. The van der Waals surface area contributed by atoms with E-state index < -0.39 is 0 Å². The average Bonchev–Trinajstić information content (AvgIpc) is 3.17. The minimum Gasteiger partial charge on any atom is -0.383 e. The Labute approximate surface area is 142 Å². The van der Waals surface area contributed by atoms with Gasteiger partial charge >= 0.3 is 0 Å². The van der Waals surface area contributed by atoms with Crippen LogP contribution in [0.1, 0.15) is 24.0 Å². The molecule has 24 heavy (non-hydrogen) atoms. The van der Waals surface area contributed by atoms with Gasteiger partial charge in [0.15, 0.2) is 0 Å². The minimum atomic E-state index is -0.370. The minimum absolute atomic E-state index is 0.0483. The molecule has 3 atom stereocenters. The van der Waals surface area contributed by atoms with Crippen molar-refractivity contribution in [2.75, 3.05) is 26.8 Å². The van der Waals surface area contributed by atoms with Crippen LogP contribution in [0.4, 0.5) is 0 Å². The van der Waals surface area contributed by atoms with Gasteiger partial charge in [-0.25, -0.2) is 0 Å². The quantitative estimate of drug-likeness (QED) is 0.790. The molecular formula is C18H23N3O3. The third kappa shape index (κ3) is 3.75. The number of hydrogen-bond acceptors (Lipinski definition) is 5. The molecule has 2 heterocycles. The highest BCUT2D eigenvalue weighted by molar-refractivity contribution is 5.81. The van der Waals surface area contributed by atoms with Crippen LogP contribution in [0.15, 0.2) is 24.3 Å². The molecule has 0 spiro atoms. The predicted molar refractivity (Wildman–Crippen MR) is 88.1 cm³/mol. The number of nitriles is 1. The molecule has 2 aliphatic heterocycles. The van der Waals surface area contributed by atoms with E-state index in [1.165, 1.54) is 0 Å². The average molecular weight is 329 g/mol. The Hall–Kier alpha value is -1.94. The number of fused-ring (bicyclic) bond motifs is 1. The van der Waals surface area contributed by atoms with Gasteiger partial charge in [0, 0.05) is 39.2 Å². The van der Waals surface area contributed by atoms with Crippen LogP contribution >= 0.6 is 0 Å². The lowest BCUT2D eigenvalue weighted by atomic mass is 10.1. The van der Waals surface area contributed by atoms with E-state index in [0.717, 1.165) is 31.5 Å². The van der Waals surface area contributed by atoms with Gasteiger partial charge < -0.3 is 14.8 Å². The molecule has 0 aromatic heterocycles. The summed E-state index contributed by atoms with van der Waals surface area (Å²) in [5.74, 6) is -0.0483. The first kappa shape index (κ1) is 16.9. The fourth-order valence-electron chi connectivity index (χ4n) is 3.56. The highest BCUT2D eigenvalue weighted by Gasteiger charge is 2.45. The third-order valence-electron chi connectivity index (χ3n) is 4.73. The standard InChI is InChI=1S/C18H23N3O3/c1-23-8-6-20-18(22)17-10-15-16(24-17)5-7-21(15)12-14-4-2-3-13(9-14)11-19/h2-4,9,15-17H,5-8,10,12H2,1H3,(H,20,22)/t15-,16-,17+/m0/s1. The number of benzene rings is 1. The second kappa shape index (κ2) is 7.75. The highest BCUT2D eigenvalue weighted by atomic mass is 16.5. The Morgan fingerprint density at radius 2 is 2.42 bits per heavy atom. The molecule has 0 unspecified atom stereocenters. The largest absolute Gasteiger partial charge is 0.383 e. The van der Waals surface area contributed by atoms with Crippen molar-refractivity contribution < 1.29 is 14.3 Å². The number of nitrogens with zero attached hydrogens (tertiary/aromatic N) is 2. The number of likely N-dealkylation sites (tertiary alicyclic amines) is 1. The molecule has 0 aliphatic carbocycles. The lowest BCUT2D eigenvalue weighted by molar-refractivity contribution is -0.132. The van der Waals surface area contributed by atoms with E-state index in [2.05, 4.69) is 16.3 Å². The van der Waals surface area contributed by atoms with E-state index in [9.17, 15) is 4.79 Å². The monoisotopic (exact) mass is 329 g/mol. The van der Waals surface area contributed by atoms with Crippen molar-refractivity contribution in [3.8, 4) is 6.07 Å². The van der Waals surface area contributed by atoms with Crippen molar-refractivity contribution >= 4 is 5.91 Å². The molecule has 6 nitrogen and oxygen atoms in total. The highest BCUT2D eigenvalue weighted by Crippen LogP contribution is 2.34. The summed E-state index contributed by atoms with van der Waals surface area (Å²) in [6.45, 7) is 2.77. The van der Waals surface area contributed by atoms with Gasteiger partial charge in [-0.3, -0.25) is 9.69 Å². The Morgan fingerprint density at radius 3 is 3.21 bits per heavy atom. The number of ether oxygens (including phenoxy) is 2. The fraction of sp³-hybridized carbons (Fsp3) is 0.556. The smallest absolute Gasteiger partial charge is 0.249 e. The van der Waals surface area contributed by atoms with Crippen molar-refractivity contribution in [1.29, 1.82) is 5.26 Å². The van der Waals surface area contributed by atoms with Crippen molar-refractivity contribution in [1.82, 2.24) is 10.2 Å². The molecule has 128 valence electrons. The number of hydrogen-bond donors (Lipinski definition) is 1. The topological polar surface area (TPSA) is 74.6 Å². The molecule has 2 fully saturated rings. The second-order valence-electron chi connectivity index (χ2n) is 6.32. The van der Waals surface area contributed by atoms with Crippen LogP contribution in [-0.4, -0.2) is 55.9 Å². The first-order valence-electron chi connectivity index (χ1n) is 8.36. The summed E-state index contributed by atoms with van der Waals surface area (Å²) >= 11 is 0. The van der Waals surface area contributed by atoms with Gasteiger partial charge in [-0.2, -0.15) is 5.26 Å². The van der Waals surface area contributed by atoms with Crippen LogP contribution in [0.25, 0.3) is 0 Å². The van der Waals surface area contributed by atoms with E-state index in [1.807, 2.05) is 24.3 Å². The molecule has 1 N–H and O–H groups in total. The number of nitrogens with one attached hydrogen (secondary N) is 1. The molecule has 1 amide bonds. The zero-order valence-corrected chi connectivity index (χ0v) is 13.9. The van der Waals surface area contributed by atoms with Crippen LogP contribution in [-0.2, 0) is 20.8 Å².